The van der Waals surface area contributed by atoms with Crippen LogP contribution >= 0.6 is 23.8 Å². The minimum absolute atomic E-state index is 0.0830. The lowest BCUT2D eigenvalue weighted by atomic mass is 10.6. The maximum Gasteiger partial charge on any atom is 0.413 e. The van der Waals surface area contributed by atoms with Gasteiger partial charge in [0.2, 0.25) is 0 Å². The van der Waals surface area contributed by atoms with Crippen LogP contribution in [-0.2, 0) is 4.74 Å². The Labute approximate surface area is 96.3 Å². The number of thiocarbonyl (C=S) groups is 1. The summed E-state index contributed by atoms with van der Waals surface area (Å²) in [6.07, 6.45) is 0.794. The smallest absolute Gasteiger partial charge is 0.413 e. The van der Waals surface area contributed by atoms with Crippen molar-refractivity contribution in [1.29, 1.82) is 0 Å². The fourth-order valence-corrected chi connectivity index (χ4v) is 1.09. The Balaban J connectivity index is 2.43. The predicted octanol–water partition coefficient (Wildman–Crippen LogP) is 1.51. The van der Waals surface area contributed by atoms with Gasteiger partial charge < -0.3 is 10.1 Å². The van der Waals surface area contributed by atoms with E-state index < -0.39 is 6.09 Å². The molecule has 0 bridgehead atoms. The number of hydrogen-bond acceptors (Lipinski definition) is 4. The van der Waals surface area contributed by atoms with Gasteiger partial charge in [0.05, 0.1) is 12.8 Å². The number of hydrogen-bond donors (Lipinski definition) is 3. The fourth-order valence-electron chi connectivity index (χ4n) is 0.764. The minimum atomic E-state index is -0.620. The number of carbonyl (C=O) groups is 1. The van der Waals surface area contributed by atoms with Crippen molar-refractivity contribution in [3.05, 3.63) is 11.2 Å². The van der Waals surface area contributed by atoms with Gasteiger partial charge in [0.1, 0.15) is 10.8 Å². The lowest BCUT2D eigenvalue weighted by Gasteiger charge is -2.07. The summed E-state index contributed by atoms with van der Waals surface area (Å²) in [5, 5.41) is 11.6. The average molecular weight is 249 g/mol. The van der Waals surface area contributed by atoms with Crippen LogP contribution in [0.5, 0.6) is 0 Å². The van der Waals surface area contributed by atoms with Crippen LogP contribution in [-0.4, -0.2) is 28.0 Å². The highest BCUT2D eigenvalue weighted by Crippen LogP contribution is 2.16. The first-order valence-corrected chi connectivity index (χ1v) is 4.85. The van der Waals surface area contributed by atoms with Crippen LogP contribution in [0.25, 0.3) is 0 Å². The first-order valence-electron chi connectivity index (χ1n) is 4.07. The second-order valence-electron chi connectivity index (χ2n) is 2.39. The van der Waals surface area contributed by atoms with Gasteiger partial charge >= 0.3 is 6.09 Å². The summed E-state index contributed by atoms with van der Waals surface area (Å²) in [5.74, 6) is 0.415. The van der Waals surface area contributed by atoms with Gasteiger partial charge in [-0.25, -0.2) is 4.79 Å². The van der Waals surface area contributed by atoms with Gasteiger partial charge in [0, 0.05) is 0 Å². The van der Waals surface area contributed by atoms with Crippen LogP contribution in [0.3, 0.4) is 0 Å². The van der Waals surface area contributed by atoms with Gasteiger partial charge in [-0.15, -0.1) is 0 Å². The largest absolute Gasteiger partial charge is 0.450 e. The highest BCUT2D eigenvalue weighted by Gasteiger charge is 2.07. The number of amides is 1. The van der Waals surface area contributed by atoms with Gasteiger partial charge in [0.25, 0.3) is 0 Å². The number of halogens is 1. The number of nitrogens with one attached hydrogen (secondary N) is 3. The molecule has 6 nitrogen and oxygen atoms in total. The summed E-state index contributed by atoms with van der Waals surface area (Å²) in [4.78, 5) is 10.9. The molecule has 0 aliphatic rings. The Morgan fingerprint density at radius 1 is 1.80 bits per heavy atom. The molecule has 1 amide bonds. The van der Waals surface area contributed by atoms with E-state index in [0.717, 1.165) is 0 Å². The molecule has 15 heavy (non-hydrogen) atoms. The zero-order chi connectivity index (χ0) is 11.3. The molecule has 1 aromatic rings. The van der Waals surface area contributed by atoms with Crippen LogP contribution in [0, 0.1) is 0 Å². The molecular formula is C7H9ClN4O2S. The maximum atomic E-state index is 10.9. The minimum Gasteiger partial charge on any atom is -0.450 e. The number of carbonyl (C=O) groups excluding carboxylic acids is 1. The Hall–Kier alpha value is -1.34. The fraction of sp³-hybridized carbons (Fsp3) is 0.286. The first-order chi connectivity index (χ1) is 7.13. The summed E-state index contributed by atoms with van der Waals surface area (Å²) in [7, 11) is 0. The first kappa shape index (κ1) is 11.7. The third-order valence-corrected chi connectivity index (χ3v) is 1.81. The van der Waals surface area contributed by atoms with E-state index in [0.29, 0.717) is 10.8 Å². The summed E-state index contributed by atoms with van der Waals surface area (Å²) in [6.45, 7) is 1.97. The Kier molecular flexibility index (Phi) is 4.32. The molecule has 0 saturated heterocycles. The molecule has 8 heteroatoms. The number of aromatic nitrogens is 2. The number of aromatic amines is 1. The maximum absolute atomic E-state index is 10.9. The Bertz CT molecular complexity index is 368. The van der Waals surface area contributed by atoms with E-state index in [1.54, 1.807) is 6.92 Å². The highest BCUT2D eigenvalue weighted by atomic mass is 35.5. The van der Waals surface area contributed by atoms with Crippen LogP contribution in [0.4, 0.5) is 10.6 Å². The van der Waals surface area contributed by atoms with E-state index in [1.807, 2.05) is 0 Å². The monoisotopic (exact) mass is 248 g/mol. The molecule has 0 atom stereocenters. The summed E-state index contributed by atoms with van der Waals surface area (Å²) >= 11 is 10.5. The number of ether oxygens (including phenoxy) is 1. The molecule has 0 aliphatic heterocycles. The molecule has 82 valence electrons. The van der Waals surface area contributed by atoms with E-state index in [2.05, 4.69) is 25.6 Å². The van der Waals surface area contributed by atoms with Crippen molar-refractivity contribution in [2.75, 3.05) is 11.9 Å². The molecule has 1 rings (SSSR count). The normalized spacial score (nSPS) is 9.47. The van der Waals surface area contributed by atoms with Crippen molar-refractivity contribution in [3.8, 4) is 0 Å². The third-order valence-electron chi connectivity index (χ3n) is 1.32. The zero-order valence-electron chi connectivity index (χ0n) is 7.83. The molecule has 0 saturated carbocycles. The molecule has 1 aromatic heterocycles. The molecule has 0 radical (unpaired) electrons. The van der Waals surface area contributed by atoms with Crippen molar-refractivity contribution in [2.45, 2.75) is 6.92 Å². The number of H-pyrrole nitrogens is 1. The van der Waals surface area contributed by atoms with E-state index in [4.69, 9.17) is 23.8 Å². The molecule has 1 heterocycles. The van der Waals surface area contributed by atoms with E-state index >= 15 is 0 Å². The third kappa shape index (κ3) is 3.72. The van der Waals surface area contributed by atoms with Crippen molar-refractivity contribution in [3.63, 3.8) is 0 Å². The summed E-state index contributed by atoms with van der Waals surface area (Å²) < 4.78 is 4.63. The summed E-state index contributed by atoms with van der Waals surface area (Å²) in [5.41, 5.74) is 0. The second kappa shape index (κ2) is 5.52. The van der Waals surface area contributed by atoms with E-state index in [-0.39, 0.29) is 11.7 Å². The SMILES string of the molecule is CCOC(=O)NC(=S)Nc1[nH]ncc1Cl. The van der Waals surface area contributed by atoms with Crippen molar-refractivity contribution >= 4 is 40.8 Å². The van der Waals surface area contributed by atoms with Crippen molar-refractivity contribution in [1.82, 2.24) is 15.5 Å². The van der Waals surface area contributed by atoms with Crippen molar-refractivity contribution in [2.24, 2.45) is 0 Å². The molecular weight excluding hydrogens is 240 g/mol. The van der Waals surface area contributed by atoms with Gasteiger partial charge in [-0.2, -0.15) is 5.10 Å². The van der Waals surface area contributed by atoms with Crippen LogP contribution < -0.4 is 10.6 Å². The standard InChI is InChI=1S/C7H9ClN4O2S/c1-2-14-7(13)11-6(15)10-5-4(8)3-9-12-5/h3H,2H2,1H3,(H3,9,10,11,12,13,15). The van der Waals surface area contributed by atoms with E-state index in [1.165, 1.54) is 6.20 Å². The average Bonchev–Trinajstić information content (AvgIpc) is 2.52. The van der Waals surface area contributed by atoms with Gasteiger partial charge in [-0.3, -0.25) is 10.4 Å². The quantitative estimate of drug-likeness (QED) is 0.692. The van der Waals surface area contributed by atoms with Crippen LogP contribution in [0.1, 0.15) is 6.92 Å². The second-order valence-corrected chi connectivity index (χ2v) is 3.21. The summed E-state index contributed by atoms with van der Waals surface area (Å²) in [6, 6.07) is 0. The molecule has 0 unspecified atom stereocenters. The highest BCUT2D eigenvalue weighted by molar-refractivity contribution is 7.80. The number of rotatable bonds is 2. The van der Waals surface area contributed by atoms with Crippen LogP contribution in [0.15, 0.2) is 6.20 Å². The molecule has 0 spiro atoms. The number of alkyl carbamates (subject to hydrolysis) is 1. The topological polar surface area (TPSA) is 79.0 Å². The molecule has 3 N–H and O–H groups in total. The molecule has 0 aliphatic carbocycles. The van der Waals surface area contributed by atoms with Gasteiger partial charge in [-0.05, 0) is 19.1 Å². The van der Waals surface area contributed by atoms with Gasteiger partial charge in [-0.1, -0.05) is 11.6 Å². The number of anilines is 1. The van der Waals surface area contributed by atoms with E-state index in [9.17, 15) is 4.79 Å². The molecule has 0 aromatic carbocycles. The van der Waals surface area contributed by atoms with Gasteiger partial charge in [0.15, 0.2) is 5.11 Å². The lowest BCUT2D eigenvalue weighted by molar-refractivity contribution is 0.158. The predicted molar refractivity (Wildman–Crippen MR) is 60.0 cm³/mol. The Morgan fingerprint density at radius 3 is 3.07 bits per heavy atom. The van der Waals surface area contributed by atoms with Crippen LogP contribution in [0.2, 0.25) is 5.02 Å². The Morgan fingerprint density at radius 2 is 2.53 bits per heavy atom. The zero-order valence-corrected chi connectivity index (χ0v) is 9.41. The lowest BCUT2D eigenvalue weighted by Crippen LogP contribution is -2.34. The molecule has 0 fully saturated rings. The number of nitrogens with zero attached hydrogens (tertiary/aromatic N) is 1. The van der Waals surface area contributed by atoms with Crippen molar-refractivity contribution < 1.29 is 9.53 Å².